The lowest BCUT2D eigenvalue weighted by atomic mass is 10.1. The lowest BCUT2D eigenvalue weighted by Gasteiger charge is -2.33. The molecule has 0 aliphatic carbocycles. The summed E-state index contributed by atoms with van der Waals surface area (Å²) in [7, 11) is 2.13. The molecule has 2 aromatic rings. The van der Waals surface area contributed by atoms with Crippen LogP contribution in [0.2, 0.25) is 0 Å². The molecule has 0 bridgehead atoms. The number of rotatable bonds is 1. The van der Waals surface area contributed by atoms with E-state index in [2.05, 4.69) is 34.0 Å². The van der Waals surface area contributed by atoms with E-state index in [1.54, 1.807) is 0 Å². The van der Waals surface area contributed by atoms with Gasteiger partial charge in [0.2, 0.25) is 0 Å². The van der Waals surface area contributed by atoms with Crippen molar-refractivity contribution in [2.24, 2.45) is 0 Å². The van der Waals surface area contributed by atoms with Crippen LogP contribution in [0.25, 0.3) is 10.8 Å². The minimum absolute atomic E-state index is 0.00938. The van der Waals surface area contributed by atoms with E-state index < -0.39 is 0 Å². The highest BCUT2D eigenvalue weighted by atomic mass is 16.1. The van der Waals surface area contributed by atoms with Gasteiger partial charge in [0.15, 0.2) is 0 Å². The van der Waals surface area contributed by atoms with Crippen LogP contribution in [0.3, 0.4) is 0 Å². The zero-order chi connectivity index (χ0) is 13.4. The molecule has 0 amide bonds. The molecule has 0 unspecified atom stereocenters. The first-order chi connectivity index (χ1) is 9.13. The Morgan fingerprint density at radius 2 is 1.84 bits per heavy atom. The molecule has 100 valence electrons. The van der Waals surface area contributed by atoms with Gasteiger partial charge in [-0.25, -0.2) is 0 Å². The number of likely N-dealkylation sites (N-methyl/N-ethyl adjacent to an activating group) is 1. The quantitative estimate of drug-likeness (QED) is 0.843. The third-order valence-corrected chi connectivity index (χ3v) is 3.83. The number of fused-ring (bicyclic) bond motifs is 1. The highest BCUT2D eigenvalue weighted by Gasteiger charge is 2.15. The summed E-state index contributed by atoms with van der Waals surface area (Å²) in [5.41, 5.74) is 1.13. The van der Waals surface area contributed by atoms with E-state index in [0.29, 0.717) is 0 Å². The topological polar surface area (TPSA) is 39.3 Å². The molecule has 0 radical (unpaired) electrons. The fraction of sp³-hybridized carbons (Fsp3) is 0.400. The van der Waals surface area contributed by atoms with Crippen LogP contribution in [0.15, 0.2) is 29.1 Å². The highest BCUT2D eigenvalue weighted by molar-refractivity contribution is 5.84. The van der Waals surface area contributed by atoms with E-state index >= 15 is 0 Å². The molecule has 0 saturated carbocycles. The first-order valence-corrected chi connectivity index (χ1v) is 6.71. The minimum atomic E-state index is 0.00938. The Balaban J connectivity index is 2.01. The van der Waals surface area contributed by atoms with Gasteiger partial charge < -0.3 is 14.8 Å². The molecule has 1 N–H and O–H groups in total. The second-order valence-electron chi connectivity index (χ2n) is 5.36. The van der Waals surface area contributed by atoms with E-state index in [0.717, 1.165) is 48.3 Å². The molecule has 0 spiro atoms. The predicted octanol–water partition coefficient (Wildman–Crippen LogP) is 1.59. The Labute approximate surface area is 112 Å². The molecule has 4 heteroatoms. The van der Waals surface area contributed by atoms with E-state index in [4.69, 9.17) is 0 Å². The van der Waals surface area contributed by atoms with Gasteiger partial charge in [0, 0.05) is 31.6 Å². The number of hydrogen-bond acceptors (Lipinski definition) is 3. The van der Waals surface area contributed by atoms with Crippen molar-refractivity contribution in [2.75, 3.05) is 38.1 Å². The fourth-order valence-electron chi connectivity index (χ4n) is 2.58. The van der Waals surface area contributed by atoms with Crippen molar-refractivity contribution in [1.82, 2.24) is 9.88 Å². The average molecular weight is 257 g/mol. The SMILES string of the molecule is Cc1ccc2cc(N3CCN(C)CC3)[nH]c(=O)c2c1. The number of aromatic amines is 1. The number of piperazine rings is 1. The molecule has 0 atom stereocenters. The Kier molecular flexibility index (Phi) is 3.03. The summed E-state index contributed by atoms with van der Waals surface area (Å²) < 4.78 is 0. The Hall–Kier alpha value is -1.81. The molecule has 3 rings (SSSR count). The molecule has 1 aliphatic heterocycles. The van der Waals surface area contributed by atoms with Crippen LogP contribution in [-0.2, 0) is 0 Å². The number of nitrogens with zero attached hydrogens (tertiary/aromatic N) is 2. The van der Waals surface area contributed by atoms with Crippen molar-refractivity contribution in [3.05, 3.63) is 40.2 Å². The van der Waals surface area contributed by atoms with Crippen molar-refractivity contribution in [3.63, 3.8) is 0 Å². The second kappa shape index (κ2) is 4.70. The minimum Gasteiger partial charge on any atom is -0.356 e. The predicted molar refractivity (Wildman–Crippen MR) is 79.0 cm³/mol. The first-order valence-electron chi connectivity index (χ1n) is 6.71. The lowest BCUT2D eigenvalue weighted by Crippen LogP contribution is -2.45. The third kappa shape index (κ3) is 2.36. The summed E-state index contributed by atoms with van der Waals surface area (Å²) in [6.45, 7) is 6.00. The van der Waals surface area contributed by atoms with Crippen molar-refractivity contribution in [1.29, 1.82) is 0 Å². The number of hydrogen-bond donors (Lipinski definition) is 1. The van der Waals surface area contributed by atoms with Gasteiger partial charge in [-0.1, -0.05) is 17.7 Å². The Morgan fingerprint density at radius 1 is 1.11 bits per heavy atom. The Morgan fingerprint density at radius 3 is 2.58 bits per heavy atom. The Bertz CT molecular complexity index is 654. The van der Waals surface area contributed by atoms with Gasteiger partial charge in [-0.3, -0.25) is 4.79 Å². The highest BCUT2D eigenvalue weighted by Crippen LogP contribution is 2.18. The number of aromatic nitrogens is 1. The second-order valence-corrected chi connectivity index (χ2v) is 5.36. The summed E-state index contributed by atoms with van der Waals surface area (Å²) in [5.74, 6) is 0.939. The smallest absolute Gasteiger partial charge is 0.257 e. The standard InChI is InChI=1S/C15H19N3O/c1-11-3-4-12-10-14(16-15(19)13(12)9-11)18-7-5-17(2)6-8-18/h3-4,9-10H,5-8H2,1-2H3,(H,16,19). The molecule has 19 heavy (non-hydrogen) atoms. The lowest BCUT2D eigenvalue weighted by molar-refractivity contribution is 0.312. The van der Waals surface area contributed by atoms with Crippen LogP contribution in [-0.4, -0.2) is 43.1 Å². The number of anilines is 1. The van der Waals surface area contributed by atoms with Crippen molar-refractivity contribution in [2.45, 2.75) is 6.92 Å². The number of aryl methyl sites for hydroxylation is 1. The number of pyridine rings is 1. The zero-order valence-electron chi connectivity index (χ0n) is 11.4. The van der Waals surface area contributed by atoms with E-state index in [-0.39, 0.29) is 5.56 Å². The van der Waals surface area contributed by atoms with Crippen LogP contribution in [0.4, 0.5) is 5.82 Å². The van der Waals surface area contributed by atoms with Gasteiger partial charge in [-0.05, 0) is 31.5 Å². The van der Waals surface area contributed by atoms with E-state index in [1.807, 2.05) is 19.1 Å². The summed E-state index contributed by atoms with van der Waals surface area (Å²) in [6, 6.07) is 8.11. The maximum Gasteiger partial charge on any atom is 0.257 e. The summed E-state index contributed by atoms with van der Waals surface area (Å²) in [5, 5.41) is 1.79. The molecule has 1 aromatic carbocycles. The third-order valence-electron chi connectivity index (χ3n) is 3.83. The fourth-order valence-corrected chi connectivity index (χ4v) is 2.58. The van der Waals surface area contributed by atoms with E-state index in [9.17, 15) is 4.79 Å². The van der Waals surface area contributed by atoms with Crippen LogP contribution in [0, 0.1) is 6.92 Å². The molecule has 1 aromatic heterocycles. The molecule has 1 aliphatic rings. The molecule has 2 heterocycles. The summed E-state index contributed by atoms with van der Waals surface area (Å²) in [6.07, 6.45) is 0. The summed E-state index contributed by atoms with van der Waals surface area (Å²) in [4.78, 5) is 19.7. The maximum atomic E-state index is 12.2. The molecular weight excluding hydrogens is 238 g/mol. The molecule has 4 nitrogen and oxygen atoms in total. The van der Waals surface area contributed by atoms with Crippen molar-refractivity contribution < 1.29 is 0 Å². The number of benzene rings is 1. The molecule has 1 saturated heterocycles. The number of H-pyrrole nitrogens is 1. The van der Waals surface area contributed by atoms with Gasteiger partial charge >= 0.3 is 0 Å². The summed E-state index contributed by atoms with van der Waals surface area (Å²) >= 11 is 0. The maximum absolute atomic E-state index is 12.2. The largest absolute Gasteiger partial charge is 0.356 e. The molecule has 1 fully saturated rings. The van der Waals surface area contributed by atoms with Gasteiger partial charge in [0.25, 0.3) is 5.56 Å². The normalized spacial score (nSPS) is 17.1. The first kappa shape index (κ1) is 12.2. The van der Waals surface area contributed by atoms with E-state index in [1.165, 1.54) is 0 Å². The van der Waals surface area contributed by atoms with Crippen LogP contribution < -0.4 is 10.5 Å². The van der Waals surface area contributed by atoms with Gasteiger partial charge in [-0.2, -0.15) is 0 Å². The van der Waals surface area contributed by atoms with Crippen molar-refractivity contribution in [3.8, 4) is 0 Å². The molecular formula is C15H19N3O. The van der Waals surface area contributed by atoms with Gasteiger partial charge in [-0.15, -0.1) is 0 Å². The number of nitrogens with one attached hydrogen (secondary N) is 1. The monoisotopic (exact) mass is 257 g/mol. The van der Waals surface area contributed by atoms with Crippen LogP contribution in [0.5, 0.6) is 0 Å². The van der Waals surface area contributed by atoms with Crippen LogP contribution >= 0.6 is 0 Å². The van der Waals surface area contributed by atoms with Crippen LogP contribution in [0.1, 0.15) is 5.56 Å². The average Bonchev–Trinajstić information content (AvgIpc) is 2.40. The van der Waals surface area contributed by atoms with Gasteiger partial charge in [0.1, 0.15) is 5.82 Å². The van der Waals surface area contributed by atoms with Crippen molar-refractivity contribution >= 4 is 16.6 Å². The zero-order valence-corrected chi connectivity index (χ0v) is 11.4. The van der Waals surface area contributed by atoms with Gasteiger partial charge in [0.05, 0.1) is 0 Å².